The second-order valence-electron chi connectivity index (χ2n) is 6.15. The van der Waals surface area contributed by atoms with Crippen LogP contribution in [-0.2, 0) is 4.79 Å². The largest absolute Gasteiger partial charge is 0.368 e. The highest BCUT2D eigenvalue weighted by atomic mass is 35.5. The van der Waals surface area contributed by atoms with Crippen molar-refractivity contribution in [2.75, 3.05) is 37.6 Å². The van der Waals surface area contributed by atoms with Gasteiger partial charge in [0, 0.05) is 43.0 Å². The first-order chi connectivity index (χ1) is 12.9. The van der Waals surface area contributed by atoms with Crippen LogP contribution in [0, 0.1) is 11.6 Å². The molecule has 1 fully saturated rings. The van der Waals surface area contributed by atoms with E-state index in [1.807, 2.05) is 18.2 Å². The first-order valence-electron chi connectivity index (χ1n) is 8.45. The van der Waals surface area contributed by atoms with Gasteiger partial charge in [-0.15, -0.1) is 0 Å². The minimum Gasteiger partial charge on any atom is -0.368 e. The van der Waals surface area contributed by atoms with E-state index in [9.17, 15) is 18.4 Å². The van der Waals surface area contributed by atoms with Gasteiger partial charge in [-0.05, 0) is 30.3 Å². The van der Waals surface area contributed by atoms with Crippen molar-refractivity contribution >= 4 is 29.1 Å². The summed E-state index contributed by atoms with van der Waals surface area (Å²) in [6.45, 7) is 2.06. The summed E-state index contributed by atoms with van der Waals surface area (Å²) in [5.41, 5.74) is 0.699. The minimum absolute atomic E-state index is 0.243. The Balaban J connectivity index is 1.50. The third kappa shape index (κ3) is 4.74. The Morgan fingerprint density at radius 2 is 1.78 bits per heavy atom. The van der Waals surface area contributed by atoms with Gasteiger partial charge in [0.25, 0.3) is 5.91 Å². The number of carbonyl (C=O) groups excluding carboxylic acids is 2. The van der Waals surface area contributed by atoms with Crippen LogP contribution in [0.2, 0.25) is 5.02 Å². The minimum atomic E-state index is -0.963. The highest BCUT2D eigenvalue weighted by molar-refractivity contribution is 6.30. The van der Waals surface area contributed by atoms with E-state index >= 15 is 0 Å². The summed E-state index contributed by atoms with van der Waals surface area (Å²) < 4.78 is 26.5. The van der Waals surface area contributed by atoms with Crippen molar-refractivity contribution in [1.82, 2.24) is 10.2 Å². The Morgan fingerprint density at radius 1 is 1.04 bits per heavy atom. The molecule has 1 aliphatic rings. The number of piperazine rings is 1. The molecule has 5 nitrogen and oxygen atoms in total. The maximum absolute atomic E-state index is 13.6. The van der Waals surface area contributed by atoms with Gasteiger partial charge in [-0.3, -0.25) is 9.59 Å². The van der Waals surface area contributed by atoms with E-state index in [-0.39, 0.29) is 18.0 Å². The zero-order valence-corrected chi connectivity index (χ0v) is 15.2. The van der Waals surface area contributed by atoms with Crippen LogP contribution < -0.4 is 10.2 Å². The van der Waals surface area contributed by atoms with Gasteiger partial charge < -0.3 is 15.1 Å². The second-order valence-corrected chi connectivity index (χ2v) is 6.59. The molecule has 2 amide bonds. The Kier molecular flexibility index (Phi) is 5.91. The molecule has 27 heavy (non-hydrogen) atoms. The van der Waals surface area contributed by atoms with Crippen LogP contribution >= 0.6 is 11.6 Å². The fourth-order valence-electron chi connectivity index (χ4n) is 2.92. The van der Waals surface area contributed by atoms with Gasteiger partial charge in [-0.25, -0.2) is 8.78 Å². The van der Waals surface area contributed by atoms with Crippen LogP contribution in [0.4, 0.5) is 14.5 Å². The van der Waals surface area contributed by atoms with Crippen molar-refractivity contribution in [2.24, 2.45) is 0 Å². The van der Waals surface area contributed by atoms with Crippen LogP contribution in [-0.4, -0.2) is 49.4 Å². The topological polar surface area (TPSA) is 52.7 Å². The van der Waals surface area contributed by atoms with E-state index < -0.39 is 17.5 Å². The van der Waals surface area contributed by atoms with E-state index in [0.717, 1.165) is 17.8 Å². The molecule has 142 valence electrons. The van der Waals surface area contributed by atoms with Gasteiger partial charge >= 0.3 is 0 Å². The second kappa shape index (κ2) is 8.35. The lowest BCUT2D eigenvalue weighted by Crippen LogP contribution is -2.51. The van der Waals surface area contributed by atoms with E-state index in [4.69, 9.17) is 11.6 Å². The number of hydrogen-bond donors (Lipinski definition) is 1. The molecule has 2 aromatic rings. The summed E-state index contributed by atoms with van der Waals surface area (Å²) in [6.07, 6.45) is 0. The monoisotopic (exact) mass is 393 g/mol. The molecule has 1 saturated heterocycles. The summed E-state index contributed by atoms with van der Waals surface area (Å²) in [5, 5.41) is 3.04. The van der Waals surface area contributed by atoms with Crippen molar-refractivity contribution in [3.8, 4) is 0 Å². The molecule has 8 heteroatoms. The number of nitrogens with zero attached hydrogens (tertiary/aromatic N) is 2. The molecule has 2 aromatic carbocycles. The van der Waals surface area contributed by atoms with Crippen molar-refractivity contribution in [3.63, 3.8) is 0 Å². The summed E-state index contributed by atoms with van der Waals surface area (Å²) in [5.74, 6) is -2.73. The van der Waals surface area contributed by atoms with Crippen molar-refractivity contribution in [1.29, 1.82) is 0 Å². The lowest BCUT2D eigenvalue weighted by Gasteiger charge is -2.36. The first-order valence-corrected chi connectivity index (χ1v) is 8.83. The van der Waals surface area contributed by atoms with Crippen molar-refractivity contribution in [3.05, 3.63) is 64.7 Å². The molecule has 3 rings (SSSR count). The maximum Gasteiger partial charge on any atom is 0.254 e. The molecule has 0 saturated carbocycles. The number of carbonyl (C=O) groups is 2. The molecule has 1 N–H and O–H groups in total. The molecule has 0 bridgehead atoms. The fraction of sp³-hybridized carbons (Fsp3) is 0.263. The van der Waals surface area contributed by atoms with Gasteiger partial charge in [0.05, 0.1) is 12.1 Å². The quantitative estimate of drug-likeness (QED) is 0.869. The van der Waals surface area contributed by atoms with Crippen molar-refractivity contribution in [2.45, 2.75) is 0 Å². The highest BCUT2D eigenvalue weighted by Gasteiger charge is 2.22. The number of rotatable bonds is 4. The fourth-order valence-corrected chi connectivity index (χ4v) is 3.11. The van der Waals surface area contributed by atoms with Crippen LogP contribution in [0.1, 0.15) is 10.4 Å². The molecule has 1 aliphatic heterocycles. The molecule has 0 atom stereocenters. The number of anilines is 1. The van der Waals surface area contributed by atoms with Gasteiger partial charge in [0.1, 0.15) is 11.6 Å². The number of halogens is 3. The molecule has 0 unspecified atom stereocenters. The first kappa shape index (κ1) is 19.1. The summed E-state index contributed by atoms with van der Waals surface area (Å²) in [4.78, 5) is 28.0. The van der Waals surface area contributed by atoms with E-state index in [2.05, 4.69) is 10.2 Å². The Hall–Kier alpha value is -2.67. The number of benzene rings is 2. The summed E-state index contributed by atoms with van der Waals surface area (Å²) in [7, 11) is 0. The summed E-state index contributed by atoms with van der Waals surface area (Å²) >= 11 is 6.01. The standard InChI is InChI=1S/C19H18ClF2N3O2/c20-13-2-1-3-15(10-13)24-6-8-25(9-7-24)18(26)12-23-19(27)16-5-4-14(21)11-17(16)22/h1-5,10-11H,6-9,12H2,(H,23,27). The molecule has 1 heterocycles. The molecule has 0 radical (unpaired) electrons. The van der Waals surface area contributed by atoms with Crippen LogP contribution in [0.5, 0.6) is 0 Å². The zero-order valence-electron chi connectivity index (χ0n) is 14.4. The molecule has 0 aromatic heterocycles. The number of amides is 2. The lowest BCUT2D eigenvalue weighted by atomic mass is 10.2. The van der Waals surface area contributed by atoms with Crippen LogP contribution in [0.15, 0.2) is 42.5 Å². The van der Waals surface area contributed by atoms with E-state index in [0.29, 0.717) is 37.3 Å². The third-order valence-corrected chi connectivity index (χ3v) is 4.62. The Labute approximate surface area is 160 Å². The number of nitrogens with one attached hydrogen (secondary N) is 1. The van der Waals surface area contributed by atoms with E-state index in [1.54, 1.807) is 11.0 Å². The predicted octanol–water partition coefficient (Wildman–Crippen LogP) is 2.70. The average molecular weight is 394 g/mol. The normalized spacial score (nSPS) is 14.2. The predicted molar refractivity (Wildman–Crippen MR) is 98.9 cm³/mol. The number of hydrogen-bond acceptors (Lipinski definition) is 3. The smallest absolute Gasteiger partial charge is 0.254 e. The Bertz CT molecular complexity index is 855. The molecule has 0 spiro atoms. The lowest BCUT2D eigenvalue weighted by molar-refractivity contribution is -0.130. The van der Waals surface area contributed by atoms with Gasteiger partial charge in [0.2, 0.25) is 5.91 Å². The SMILES string of the molecule is O=C(NCC(=O)N1CCN(c2cccc(Cl)c2)CC1)c1ccc(F)cc1F. The molecule has 0 aliphatic carbocycles. The highest BCUT2D eigenvalue weighted by Crippen LogP contribution is 2.20. The third-order valence-electron chi connectivity index (χ3n) is 4.38. The van der Waals surface area contributed by atoms with Crippen LogP contribution in [0.25, 0.3) is 0 Å². The maximum atomic E-state index is 13.6. The zero-order chi connectivity index (χ0) is 19.4. The molecular formula is C19H18ClF2N3O2. The van der Waals surface area contributed by atoms with Gasteiger partial charge in [-0.1, -0.05) is 17.7 Å². The molecular weight excluding hydrogens is 376 g/mol. The average Bonchev–Trinajstić information content (AvgIpc) is 2.66. The van der Waals surface area contributed by atoms with Gasteiger partial charge in [0.15, 0.2) is 0 Å². The Morgan fingerprint density at radius 3 is 2.44 bits per heavy atom. The van der Waals surface area contributed by atoms with Crippen molar-refractivity contribution < 1.29 is 18.4 Å². The van der Waals surface area contributed by atoms with Gasteiger partial charge in [-0.2, -0.15) is 0 Å². The van der Waals surface area contributed by atoms with E-state index in [1.165, 1.54) is 0 Å². The van der Waals surface area contributed by atoms with Crippen LogP contribution in [0.3, 0.4) is 0 Å². The summed E-state index contributed by atoms with van der Waals surface area (Å²) in [6, 6.07) is 10.2.